The first-order valence-corrected chi connectivity index (χ1v) is 7.10. The first kappa shape index (κ1) is 12.0. The van der Waals surface area contributed by atoms with Gasteiger partial charge in [0.25, 0.3) is 0 Å². The SMILES string of the molecule is OC(CSc1ccc(Cl)cc1)c1cccs1. The van der Waals surface area contributed by atoms with E-state index in [9.17, 15) is 5.11 Å². The minimum atomic E-state index is -0.388. The van der Waals surface area contributed by atoms with Gasteiger partial charge in [-0.05, 0) is 35.7 Å². The van der Waals surface area contributed by atoms with Crippen LogP contribution in [0.2, 0.25) is 5.02 Å². The van der Waals surface area contributed by atoms with E-state index in [0.717, 1.165) is 14.8 Å². The van der Waals surface area contributed by atoms with Gasteiger partial charge in [0.05, 0.1) is 6.10 Å². The quantitative estimate of drug-likeness (QED) is 0.839. The van der Waals surface area contributed by atoms with E-state index in [4.69, 9.17) is 11.6 Å². The molecular weight excluding hydrogens is 260 g/mol. The van der Waals surface area contributed by atoms with Crippen molar-refractivity contribution in [3.05, 3.63) is 51.7 Å². The summed E-state index contributed by atoms with van der Waals surface area (Å²) in [5.41, 5.74) is 0. The number of halogens is 1. The van der Waals surface area contributed by atoms with Gasteiger partial charge in [0.2, 0.25) is 0 Å². The Bertz CT molecular complexity index is 425. The average Bonchev–Trinajstić information content (AvgIpc) is 2.81. The highest BCUT2D eigenvalue weighted by Gasteiger charge is 2.08. The lowest BCUT2D eigenvalue weighted by atomic mass is 10.3. The van der Waals surface area contributed by atoms with Crippen molar-refractivity contribution in [2.24, 2.45) is 0 Å². The molecule has 2 rings (SSSR count). The first-order valence-electron chi connectivity index (χ1n) is 4.85. The van der Waals surface area contributed by atoms with Gasteiger partial charge in [-0.1, -0.05) is 17.7 Å². The summed E-state index contributed by atoms with van der Waals surface area (Å²) in [6, 6.07) is 11.6. The topological polar surface area (TPSA) is 20.2 Å². The lowest BCUT2D eigenvalue weighted by molar-refractivity contribution is 0.208. The van der Waals surface area contributed by atoms with Crippen LogP contribution < -0.4 is 0 Å². The van der Waals surface area contributed by atoms with E-state index in [0.29, 0.717) is 5.75 Å². The molecule has 0 radical (unpaired) electrons. The Morgan fingerprint density at radius 3 is 2.62 bits per heavy atom. The van der Waals surface area contributed by atoms with Crippen LogP contribution in [-0.4, -0.2) is 10.9 Å². The van der Waals surface area contributed by atoms with Crippen LogP contribution in [0, 0.1) is 0 Å². The van der Waals surface area contributed by atoms with Crippen LogP contribution >= 0.6 is 34.7 Å². The number of thioether (sulfide) groups is 1. The fraction of sp³-hybridized carbons (Fsp3) is 0.167. The number of aliphatic hydroxyl groups excluding tert-OH is 1. The maximum absolute atomic E-state index is 9.89. The van der Waals surface area contributed by atoms with E-state index >= 15 is 0 Å². The molecule has 16 heavy (non-hydrogen) atoms. The summed E-state index contributed by atoms with van der Waals surface area (Å²) < 4.78 is 0. The smallest absolute Gasteiger partial charge is 0.0975 e. The Morgan fingerprint density at radius 1 is 1.25 bits per heavy atom. The van der Waals surface area contributed by atoms with Crippen molar-refractivity contribution in [3.63, 3.8) is 0 Å². The third-order valence-corrected chi connectivity index (χ3v) is 4.41. The van der Waals surface area contributed by atoms with E-state index in [1.807, 2.05) is 41.8 Å². The molecule has 4 heteroatoms. The lowest BCUT2D eigenvalue weighted by Gasteiger charge is -2.07. The second-order valence-electron chi connectivity index (χ2n) is 3.30. The van der Waals surface area contributed by atoms with Crippen LogP contribution in [0.25, 0.3) is 0 Å². The summed E-state index contributed by atoms with van der Waals surface area (Å²) in [5, 5.41) is 12.6. The highest BCUT2D eigenvalue weighted by Crippen LogP contribution is 2.27. The molecule has 0 aliphatic carbocycles. The van der Waals surface area contributed by atoms with Crippen molar-refractivity contribution < 1.29 is 5.11 Å². The van der Waals surface area contributed by atoms with Gasteiger partial charge in [-0.15, -0.1) is 23.1 Å². The summed E-state index contributed by atoms with van der Waals surface area (Å²) in [7, 11) is 0. The average molecular weight is 271 g/mol. The van der Waals surface area contributed by atoms with Crippen molar-refractivity contribution in [1.29, 1.82) is 0 Å². The molecule has 0 aliphatic rings. The van der Waals surface area contributed by atoms with Crippen LogP contribution in [-0.2, 0) is 0 Å². The molecular formula is C12H11ClOS2. The molecule has 0 aliphatic heterocycles. The van der Waals surface area contributed by atoms with E-state index in [1.54, 1.807) is 23.1 Å². The molecule has 1 heterocycles. The van der Waals surface area contributed by atoms with Gasteiger partial charge in [-0.25, -0.2) is 0 Å². The molecule has 0 spiro atoms. The van der Waals surface area contributed by atoms with Gasteiger partial charge in [0, 0.05) is 20.5 Å². The third kappa shape index (κ3) is 3.25. The van der Waals surface area contributed by atoms with Crippen LogP contribution in [0.4, 0.5) is 0 Å². The molecule has 1 unspecified atom stereocenters. The summed E-state index contributed by atoms with van der Waals surface area (Å²) in [5.74, 6) is 0.669. The fourth-order valence-corrected chi connectivity index (χ4v) is 3.07. The first-order chi connectivity index (χ1) is 7.75. The van der Waals surface area contributed by atoms with Crippen molar-refractivity contribution in [2.75, 3.05) is 5.75 Å². The molecule has 1 aromatic carbocycles. The van der Waals surface area contributed by atoms with Crippen molar-refractivity contribution >= 4 is 34.7 Å². The Hall–Kier alpha value is -0.480. The van der Waals surface area contributed by atoms with E-state index in [2.05, 4.69) is 0 Å². The molecule has 0 bridgehead atoms. The number of benzene rings is 1. The summed E-state index contributed by atoms with van der Waals surface area (Å²) in [6.45, 7) is 0. The fourth-order valence-electron chi connectivity index (χ4n) is 1.27. The molecule has 0 fully saturated rings. The number of hydrogen-bond donors (Lipinski definition) is 1. The highest BCUT2D eigenvalue weighted by atomic mass is 35.5. The third-order valence-electron chi connectivity index (χ3n) is 2.09. The maximum Gasteiger partial charge on any atom is 0.0975 e. The Kier molecular flexibility index (Phi) is 4.29. The van der Waals surface area contributed by atoms with Gasteiger partial charge < -0.3 is 5.11 Å². The Morgan fingerprint density at radius 2 is 2.00 bits per heavy atom. The molecule has 1 aromatic heterocycles. The highest BCUT2D eigenvalue weighted by molar-refractivity contribution is 7.99. The van der Waals surface area contributed by atoms with Crippen molar-refractivity contribution in [1.82, 2.24) is 0 Å². The zero-order valence-electron chi connectivity index (χ0n) is 8.47. The van der Waals surface area contributed by atoms with Crippen molar-refractivity contribution in [3.8, 4) is 0 Å². The Labute approximate surface area is 108 Å². The molecule has 1 N–H and O–H groups in total. The van der Waals surface area contributed by atoms with Gasteiger partial charge in [-0.3, -0.25) is 0 Å². The molecule has 1 nitrogen and oxygen atoms in total. The zero-order valence-corrected chi connectivity index (χ0v) is 10.9. The second kappa shape index (κ2) is 5.73. The molecule has 0 amide bonds. The normalized spacial score (nSPS) is 12.6. The van der Waals surface area contributed by atoms with Gasteiger partial charge in [-0.2, -0.15) is 0 Å². The minimum absolute atomic E-state index is 0.388. The van der Waals surface area contributed by atoms with Gasteiger partial charge in [0.15, 0.2) is 0 Å². The second-order valence-corrected chi connectivity index (χ2v) is 5.81. The van der Waals surface area contributed by atoms with Crippen LogP contribution in [0.3, 0.4) is 0 Å². The minimum Gasteiger partial charge on any atom is -0.387 e. The van der Waals surface area contributed by atoms with Crippen LogP contribution in [0.1, 0.15) is 11.0 Å². The van der Waals surface area contributed by atoms with Crippen molar-refractivity contribution in [2.45, 2.75) is 11.0 Å². The number of hydrogen-bond acceptors (Lipinski definition) is 3. The number of aliphatic hydroxyl groups is 1. The summed E-state index contributed by atoms with van der Waals surface area (Å²) in [4.78, 5) is 2.14. The summed E-state index contributed by atoms with van der Waals surface area (Å²) >= 11 is 9.02. The number of thiophene rings is 1. The standard InChI is InChI=1S/C12H11ClOS2/c13-9-3-5-10(6-4-9)16-8-11(14)12-2-1-7-15-12/h1-7,11,14H,8H2. The zero-order chi connectivity index (χ0) is 11.4. The molecule has 0 saturated carbocycles. The van der Waals surface area contributed by atoms with Crippen LogP contribution in [0.5, 0.6) is 0 Å². The predicted octanol–water partition coefficient (Wildman–Crippen LogP) is 4.23. The lowest BCUT2D eigenvalue weighted by Crippen LogP contribution is -1.97. The van der Waals surface area contributed by atoms with E-state index < -0.39 is 0 Å². The van der Waals surface area contributed by atoms with E-state index in [1.165, 1.54) is 0 Å². The van der Waals surface area contributed by atoms with Crippen LogP contribution in [0.15, 0.2) is 46.7 Å². The largest absolute Gasteiger partial charge is 0.387 e. The molecule has 84 valence electrons. The Balaban J connectivity index is 1.90. The maximum atomic E-state index is 9.89. The molecule has 0 saturated heterocycles. The van der Waals surface area contributed by atoms with Gasteiger partial charge >= 0.3 is 0 Å². The predicted molar refractivity (Wildman–Crippen MR) is 71.5 cm³/mol. The monoisotopic (exact) mass is 270 g/mol. The number of rotatable bonds is 4. The molecule has 1 atom stereocenters. The van der Waals surface area contributed by atoms with E-state index in [-0.39, 0.29) is 6.10 Å². The summed E-state index contributed by atoms with van der Waals surface area (Å²) in [6.07, 6.45) is -0.388. The molecule has 2 aromatic rings. The van der Waals surface area contributed by atoms with Gasteiger partial charge in [0.1, 0.15) is 0 Å².